The number of halogens is 4. The quantitative estimate of drug-likeness (QED) is 0.872. The average molecular weight is 311 g/mol. The van der Waals surface area contributed by atoms with Crippen molar-refractivity contribution in [1.29, 1.82) is 0 Å². The van der Waals surface area contributed by atoms with E-state index in [-0.39, 0.29) is 5.69 Å². The number of alkyl halides is 3. The lowest BCUT2D eigenvalue weighted by atomic mass is 10.2. The highest BCUT2D eigenvalue weighted by Gasteiger charge is 2.30. The highest BCUT2D eigenvalue weighted by atomic mass is 79.9. The van der Waals surface area contributed by atoms with E-state index in [0.29, 0.717) is 4.60 Å². The lowest BCUT2D eigenvalue weighted by Gasteiger charge is -2.15. The molecular formula is C10H10BrF3N2O. The predicted molar refractivity (Wildman–Crippen MR) is 59.5 cm³/mol. The molecule has 1 unspecified atom stereocenters. The van der Waals surface area contributed by atoms with Crippen molar-refractivity contribution in [2.24, 2.45) is 0 Å². The molecule has 0 saturated carbocycles. The van der Waals surface area contributed by atoms with E-state index in [9.17, 15) is 18.0 Å². The van der Waals surface area contributed by atoms with Crippen LogP contribution in [0.25, 0.3) is 0 Å². The largest absolute Gasteiger partial charge is 0.391 e. The van der Waals surface area contributed by atoms with Crippen LogP contribution in [-0.4, -0.2) is 23.1 Å². The van der Waals surface area contributed by atoms with Crippen molar-refractivity contribution in [1.82, 2.24) is 10.3 Å². The fourth-order valence-electron chi connectivity index (χ4n) is 1.23. The number of pyridine rings is 1. The van der Waals surface area contributed by atoms with Crippen LogP contribution in [0.15, 0.2) is 22.8 Å². The number of nitrogens with one attached hydrogen (secondary N) is 1. The summed E-state index contributed by atoms with van der Waals surface area (Å²) in [5.74, 6) is -0.622. The molecule has 0 saturated heterocycles. The van der Waals surface area contributed by atoms with E-state index < -0.39 is 24.5 Å². The molecule has 0 aromatic carbocycles. The van der Waals surface area contributed by atoms with Gasteiger partial charge in [0.25, 0.3) is 5.91 Å². The van der Waals surface area contributed by atoms with Crippen molar-refractivity contribution < 1.29 is 18.0 Å². The van der Waals surface area contributed by atoms with Crippen LogP contribution in [0.1, 0.15) is 23.8 Å². The lowest BCUT2D eigenvalue weighted by molar-refractivity contribution is -0.138. The molecule has 7 heteroatoms. The summed E-state index contributed by atoms with van der Waals surface area (Å²) in [5, 5.41) is 2.24. The summed E-state index contributed by atoms with van der Waals surface area (Å²) in [6, 6.07) is 3.65. The summed E-state index contributed by atoms with van der Waals surface area (Å²) >= 11 is 3.07. The van der Waals surface area contributed by atoms with Gasteiger partial charge in [0, 0.05) is 6.04 Å². The van der Waals surface area contributed by atoms with Crippen molar-refractivity contribution in [3.05, 3.63) is 28.5 Å². The normalized spacial score (nSPS) is 13.2. The zero-order valence-corrected chi connectivity index (χ0v) is 10.5. The molecule has 1 aromatic heterocycles. The predicted octanol–water partition coefficient (Wildman–Crippen LogP) is 2.91. The van der Waals surface area contributed by atoms with Gasteiger partial charge in [0.15, 0.2) is 0 Å². The minimum atomic E-state index is -4.29. The molecule has 0 aliphatic heterocycles. The van der Waals surface area contributed by atoms with Gasteiger partial charge in [-0.2, -0.15) is 13.2 Å². The third-order valence-electron chi connectivity index (χ3n) is 1.86. The van der Waals surface area contributed by atoms with Crippen molar-refractivity contribution in [3.8, 4) is 0 Å². The number of nitrogens with zero attached hydrogens (tertiary/aromatic N) is 1. The highest BCUT2D eigenvalue weighted by molar-refractivity contribution is 9.10. The molecule has 0 fully saturated rings. The summed E-state index contributed by atoms with van der Waals surface area (Å²) < 4.78 is 36.6. The number of aromatic nitrogens is 1. The number of hydrogen-bond donors (Lipinski definition) is 1. The van der Waals surface area contributed by atoms with Crippen molar-refractivity contribution in [2.75, 3.05) is 0 Å². The van der Waals surface area contributed by atoms with E-state index in [1.165, 1.54) is 13.0 Å². The third-order valence-corrected chi connectivity index (χ3v) is 2.30. The number of carbonyl (C=O) groups is 1. The van der Waals surface area contributed by atoms with Crippen molar-refractivity contribution >= 4 is 21.8 Å². The van der Waals surface area contributed by atoms with Crippen LogP contribution >= 0.6 is 15.9 Å². The Bertz CT molecular complexity index is 409. The van der Waals surface area contributed by atoms with Gasteiger partial charge in [-0.3, -0.25) is 4.79 Å². The van der Waals surface area contributed by atoms with Crippen molar-refractivity contribution in [2.45, 2.75) is 25.6 Å². The molecule has 0 bridgehead atoms. The maximum atomic E-state index is 12.0. The molecular weight excluding hydrogens is 301 g/mol. The standard InChI is InChI=1S/C10H10BrF3N2O/c1-6(5-10(12,13)14)15-9(17)7-3-2-4-8(11)16-7/h2-4,6H,5H2,1H3,(H,15,17). The first-order chi connectivity index (χ1) is 7.78. The topological polar surface area (TPSA) is 42.0 Å². The van der Waals surface area contributed by atoms with Crippen LogP contribution in [-0.2, 0) is 0 Å². The van der Waals surface area contributed by atoms with Crippen LogP contribution < -0.4 is 5.32 Å². The lowest BCUT2D eigenvalue weighted by Crippen LogP contribution is -2.36. The Kier molecular flexibility index (Phi) is 4.50. The van der Waals surface area contributed by atoms with E-state index in [1.54, 1.807) is 12.1 Å². The Morgan fingerprint density at radius 2 is 2.18 bits per heavy atom. The smallest absolute Gasteiger partial charge is 0.348 e. The first-order valence-corrected chi connectivity index (χ1v) is 5.57. The highest BCUT2D eigenvalue weighted by Crippen LogP contribution is 2.21. The van der Waals surface area contributed by atoms with Gasteiger partial charge in [-0.25, -0.2) is 4.98 Å². The molecule has 1 amide bonds. The third kappa shape index (κ3) is 5.16. The second-order valence-corrected chi connectivity index (χ2v) is 4.35. The second kappa shape index (κ2) is 5.48. The van der Waals surface area contributed by atoms with Crippen LogP contribution in [0.2, 0.25) is 0 Å². The maximum Gasteiger partial charge on any atom is 0.391 e. The molecule has 17 heavy (non-hydrogen) atoms. The molecule has 3 nitrogen and oxygen atoms in total. The molecule has 1 rings (SSSR count). The van der Waals surface area contributed by atoms with Gasteiger partial charge in [-0.15, -0.1) is 0 Å². The number of amides is 1. The first kappa shape index (κ1) is 14.0. The summed E-state index contributed by atoms with van der Waals surface area (Å²) in [5.41, 5.74) is 0.0772. The fourth-order valence-corrected chi connectivity index (χ4v) is 1.57. The summed E-state index contributed by atoms with van der Waals surface area (Å²) in [4.78, 5) is 15.4. The molecule has 0 spiro atoms. The summed E-state index contributed by atoms with van der Waals surface area (Å²) in [6.45, 7) is 1.30. The minimum Gasteiger partial charge on any atom is -0.348 e. The SMILES string of the molecule is CC(CC(F)(F)F)NC(=O)c1cccc(Br)n1. The Morgan fingerprint density at radius 1 is 1.53 bits per heavy atom. The Labute approximate surface area is 105 Å². The van der Waals surface area contributed by atoms with E-state index in [1.807, 2.05) is 0 Å². The van der Waals surface area contributed by atoms with Gasteiger partial charge in [-0.05, 0) is 35.0 Å². The van der Waals surface area contributed by atoms with Gasteiger partial charge in [0.2, 0.25) is 0 Å². The number of carbonyl (C=O) groups excluding carboxylic acids is 1. The molecule has 1 atom stereocenters. The molecule has 0 aliphatic carbocycles. The molecule has 1 heterocycles. The van der Waals surface area contributed by atoms with Gasteiger partial charge in [-0.1, -0.05) is 6.07 Å². The van der Waals surface area contributed by atoms with Gasteiger partial charge in [0.1, 0.15) is 10.3 Å². The fraction of sp³-hybridized carbons (Fsp3) is 0.400. The van der Waals surface area contributed by atoms with E-state index in [4.69, 9.17) is 0 Å². The number of rotatable bonds is 3. The van der Waals surface area contributed by atoms with E-state index in [0.717, 1.165) is 0 Å². The summed E-state index contributed by atoms with van der Waals surface area (Å²) in [6.07, 6.45) is -5.36. The zero-order valence-electron chi connectivity index (χ0n) is 8.88. The molecule has 0 radical (unpaired) electrons. The van der Waals surface area contributed by atoms with Crippen LogP contribution in [0.5, 0.6) is 0 Å². The molecule has 1 N–H and O–H groups in total. The minimum absolute atomic E-state index is 0.0772. The second-order valence-electron chi connectivity index (χ2n) is 3.54. The van der Waals surface area contributed by atoms with Crippen LogP contribution in [0, 0.1) is 0 Å². The van der Waals surface area contributed by atoms with E-state index in [2.05, 4.69) is 26.2 Å². The zero-order chi connectivity index (χ0) is 13.1. The van der Waals surface area contributed by atoms with Crippen molar-refractivity contribution in [3.63, 3.8) is 0 Å². The molecule has 1 aromatic rings. The van der Waals surface area contributed by atoms with E-state index >= 15 is 0 Å². The Hall–Kier alpha value is -1.11. The van der Waals surface area contributed by atoms with Gasteiger partial charge >= 0.3 is 6.18 Å². The molecule has 94 valence electrons. The van der Waals surface area contributed by atoms with Gasteiger partial charge < -0.3 is 5.32 Å². The maximum absolute atomic E-state index is 12.0. The molecule has 0 aliphatic rings. The monoisotopic (exact) mass is 310 g/mol. The van der Waals surface area contributed by atoms with Crippen LogP contribution in [0.4, 0.5) is 13.2 Å². The van der Waals surface area contributed by atoms with Gasteiger partial charge in [0.05, 0.1) is 6.42 Å². The summed E-state index contributed by atoms with van der Waals surface area (Å²) in [7, 11) is 0. The first-order valence-electron chi connectivity index (χ1n) is 4.78. The Balaban J connectivity index is 2.61. The van der Waals surface area contributed by atoms with Crippen LogP contribution in [0.3, 0.4) is 0 Å². The number of hydrogen-bond acceptors (Lipinski definition) is 2. The average Bonchev–Trinajstić information content (AvgIpc) is 2.14. The Morgan fingerprint density at radius 3 is 2.71 bits per heavy atom.